The van der Waals surface area contributed by atoms with Gasteiger partial charge in [-0.1, -0.05) is 6.92 Å². The molecular weight excluding hydrogens is 80.0 g/mol. The Balaban J connectivity index is 3.23. The second-order valence-electron chi connectivity index (χ2n) is 0.938. The molecule has 0 aliphatic heterocycles. The maximum Gasteiger partial charge on any atom is 0.194 e. The SMILES string of the molecule is CCC(=O)C=O. The second-order valence-corrected chi connectivity index (χ2v) is 0.938. The summed E-state index contributed by atoms with van der Waals surface area (Å²) < 4.78 is 0. The maximum atomic E-state index is 9.81. The molecule has 0 bridgehead atoms. The molecule has 0 aromatic rings. The summed E-state index contributed by atoms with van der Waals surface area (Å²) in [6.45, 7) is 1.65. The third kappa shape index (κ3) is 1.64. The summed E-state index contributed by atoms with van der Waals surface area (Å²) in [6, 6.07) is 0. The van der Waals surface area contributed by atoms with Crippen LogP contribution in [0.1, 0.15) is 13.3 Å². The first-order valence-electron chi connectivity index (χ1n) is 1.79. The Morgan fingerprint density at radius 1 is 1.83 bits per heavy atom. The van der Waals surface area contributed by atoms with Gasteiger partial charge in [-0.2, -0.15) is 0 Å². The Labute approximate surface area is 36.2 Å². The van der Waals surface area contributed by atoms with E-state index in [2.05, 4.69) is 0 Å². The van der Waals surface area contributed by atoms with E-state index in [0.717, 1.165) is 0 Å². The lowest BCUT2D eigenvalue weighted by Gasteiger charge is -1.71. The summed E-state index contributed by atoms with van der Waals surface area (Å²) in [5.74, 6) is -0.338. The van der Waals surface area contributed by atoms with Crippen molar-refractivity contribution in [3.05, 3.63) is 0 Å². The molecule has 0 fully saturated rings. The molecule has 0 heterocycles. The molecule has 0 rings (SSSR count). The molecule has 34 valence electrons. The van der Waals surface area contributed by atoms with E-state index in [1.165, 1.54) is 0 Å². The van der Waals surface area contributed by atoms with E-state index in [1.54, 1.807) is 6.92 Å². The Bertz CT molecular complexity index is 65.9. The van der Waals surface area contributed by atoms with Crippen molar-refractivity contribution in [2.45, 2.75) is 13.3 Å². The van der Waals surface area contributed by atoms with Crippen molar-refractivity contribution in [3.63, 3.8) is 0 Å². The first kappa shape index (κ1) is 5.34. The van der Waals surface area contributed by atoms with Crippen molar-refractivity contribution >= 4 is 12.1 Å². The van der Waals surface area contributed by atoms with Crippen LogP contribution in [0.4, 0.5) is 0 Å². The van der Waals surface area contributed by atoms with E-state index < -0.39 is 0 Å². The topological polar surface area (TPSA) is 34.1 Å². The quantitative estimate of drug-likeness (QED) is 0.354. The molecule has 0 amide bonds. The van der Waals surface area contributed by atoms with Crippen LogP contribution in [-0.4, -0.2) is 12.1 Å². The molecule has 0 saturated heterocycles. The molecule has 0 radical (unpaired) electrons. The van der Waals surface area contributed by atoms with Crippen molar-refractivity contribution in [1.29, 1.82) is 0 Å². The second kappa shape index (κ2) is 2.57. The van der Waals surface area contributed by atoms with Crippen molar-refractivity contribution < 1.29 is 9.59 Å². The fourth-order valence-electron chi connectivity index (χ4n) is 0.0833. The Morgan fingerprint density at radius 2 is 2.33 bits per heavy atom. The number of carbonyl (C=O) groups is 2. The summed E-state index contributed by atoms with van der Waals surface area (Å²) in [6.07, 6.45) is 0.656. The molecule has 6 heavy (non-hydrogen) atoms. The van der Waals surface area contributed by atoms with E-state index in [4.69, 9.17) is 0 Å². The minimum absolute atomic E-state index is 0.323. The molecule has 0 aromatic heterocycles. The fourth-order valence-corrected chi connectivity index (χ4v) is 0.0833. The molecule has 0 aromatic carbocycles. The van der Waals surface area contributed by atoms with Crippen molar-refractivity contribution in [2.24, 2.45) is 0 Å². The van der Waals surface area contributed by atoms with E-state index in [-0.39, 0.29) is 5.78 Å². The van der Waals surface area contributed by atoms with E-state index in [0.29, 0.717) is 12.7 Å². The number of aldehydes is 1. The normalized spacial score (nSPS) is 7.50. The number of hydrogen-bond donors (Lipinski definition) is 0. The van der Waals surface area contributed by atoms with Crippen molar-refractivity contribution in [2.75, 3.05) is 0 Å². The molecule has 0 saturated carbocycles. The molecule has 2 heteroatoms. The number of rotatable bonds is 2. The standard InChI is InChI=1S/C4H6O2/c1-2-4(6)3-5/h3H,2H2,1H3. The van der Waals surface area contributed by atoms with Crippen LogP contribution in [0.15, 0.2) is 0 Å². The summed E-state index contributed by atoms with van der Waals surface area (Å²) in [4.78, 5) is 19.2. The predicted octanol–water partition coefficient (Wildman–Crippen LogP) is 0.164. The largest absolute Gasteiger partial charge is 0.295 e. The zero-order valence-electron chi connectivity index (χ0n) is 3.60. The molecule has 0 atom stereocenters. The summed E-state index contributed by atoms with van der Waals surface area (Å²) in [5.41, 5.74) is 0. The third-order valence-corrected chi connectivity index (χ3v) is 0.480. The van der Waals surface area contributed by atoms with Gasteiger partial charge in [0.2, 0.25) is 0 Å². The minimum Gasteiger partial charge on any atom is -0.295 e. The molecular formula is C4H6O2. The van der Waals surface area contributed by atoms with Crippen LogP contribution in [-0.2, 0) is 9.59 Å². The zero-order valence-corrected chi connectivity index (χ0v) is 3.60. The van der Waals surface area contributed by atoms with Crippen LogP contribution in [0.5, 0.6) is 0 Å². The highest BCUT2D eigenvalue weighted by molar-refractivity contribution is 6.24. The lowest BCUT2D eigenvalue weighted by Crippen LogP contribution is -1.92. The molecule has 0 aliphatic carbocycles. The van der Waals surface area contributed by atoms with Gasteiger partial charge in [0.25, 0.3) is 0 Å². The Kier molecular flexibility index (Phi) is 2.29. The highest BCUT2D eigenvalue weighted by atomic mass is 16.2. The van der Waals surface area contributed by atoms with Crippen LogP contribution in [0.2, 0.25) is 0 Å². The number of hydrogen-bond acceptors (Lipinski definition) is 2. The Hall–Kier alpha value is -0.660. The molecule has 2 nitrogen and oxygen atoms in total. The highest BCUT2D eigenvalue weighted by Gasteiger charge is 1.87. The minimum atomic E-state index is -0.338. The summed E-state index contributed by atoms with van der Waals surface area (Å²) in [7, 11) is 0. The van der Waals surface area contributed by atoms with Gasteiger partial charge in [0.05, 0.1) is 0 Å². The van der Waals surface area contributed by atoms with Crippen LogP contribution in [0.3, 0.4) is 0 Å². The molecule has 0 unspecified atom stereocenters. The van der Waals surface area contributed by atoms with Gasteiger partial charge in [-0.3, -0.25) is 9.59 Å². The fraction of sp³-hybridized carbons (Fsp3) is 0.500. The number of Topliss-reactive ketones (excluding diaryl/α,β-unsaturated/α-hetero) is 1. The van der Waals surface area contributed by atoms with Crippen LogP contribution >= 0.6 is 0 Å². The van der Waals surface area contributed by atoms with Crippen LogP contribution in [0.25, 0.3) is 0 Å². The summed E-state index contributed by atoms with van der Waals surface area (Å²) >= 11 is 0. The maximum absolute atomic E-state index is 9.81. The summed E-state index contributed by atoms with van der Waals surface area (Å²) in [5, 5.41) is 0. The van der Waals surface area contributed by atoms with Crippen molar-refractivity contribution in [3.8, 4) is 0 Å². The van der Waals surface area contributed by atoms with Gasteiger partial charge in [-0.25, -0.2) is 0 Å². The number of carbonyl (C=O) groups excluding carboxylic acids is 2. The van der Waals surface area contributed by atoms with Gasteiger partial charge in [0.1, 0.15) is 0 Å². The lowest BCUT2D eigenvalue weighted by molar-refractivity contribution is -0.129. The monoisotopic (exact) mass is 86.0 g/mol. The predicted molar refractivity (Wildman–Crippen MR) is 21.4 cm³/mol. The van der Waals surface area contributed by atoms with Gasteiger partial charge in [0.15, 0.2) is 12.1 Å². The number of ketones is 1. The van der Waals surface area contributed by atoms with Gasteiger partial charge in [-0.15, -0.1) is 0 Å². The average molecular weight is 86.1 g/mol. The van der Waals surface area contributed by atoms with E-state index in [1.807, 2.05) is 0 Å². The molecule has 0 N–H and O–H groups in total. The Morgan fingerprint density at radius 3 is 2.33 bits per heavy atom. The highest BCUT2D eigenvalue weighted by Crippen LogP contribution is 1.69. The van der Waals surface area contributed by atoms with Crippen LogP contribution in [0, 0.1) is 0 Å². The first-order chi connectivity index (χ1) is 2.81. The van der Waals surface area contributed by atoms with E-state index >= 15 is 0 Å². The zero-order chi connectivity index (χ0) is 4.99. The lowest BCUT2D eigenvalue weighted by atomic mass is 10.3. The van der Waals surface area contributed by atoms with Gasteiger partial charge < -0.3 is 0 Å². The third-order valence-electron chi connectivity index (χ3n) is 0.480. The van der Waals surface area contributed by atoms with E-state index in [9.17, 15) is 9.59 Å². The molecule has 0 aliphatic rings. The van der Waals surface area contributed by atoms with Gasteiger partial charge in [-0.05, 0) is 0 Å². The average Bonchev–Trinajstić information content (AvgIpc) is 1.65. The van der Waals surface area contributed by atoms with Gasteiger partial charge >= 0.3 is 0 Å². The smallest absolute Gasteiger partial charge is 0.194 e. The first-order valence-corrected chi connectivity index (χ1v) is 1.79. The van der Waals surface area contributed by atoms with Crippen molar-refractivity contribution in [1.82, 2.24) is 0 Å². The van der Waals surface area contributed by atoms with Crippen LogP contribution < -0.4 is 0 Å². The van der Waals surface area contributed by atoms with Gasteiger partial charge in [0, 0.05) is 6.42 Å². The molecule has 0 spiro atoms.